The zero-order chi connectivity index (χ0) is 11.4. The number of hydrogen-bond donors (Lipinski definition) is 3. The highest BCUT2D eigenvalue weighted by Crippen LogP contribution is 2.39. The molecule has 0 saturated carbocycles. The van der Waals surface area contributed by atoms with Gasteiger partial charge in [-0.25, -0.2) is 0 Å². The van der Waals surface area contributed by atoms with Crippen LogP contribution in [-0.2, 0) is 14.2 Å². The van der Waals surface area contributed by atoms with Crippen LogP contribution in [0, 0.1) is 5.92 Å². The maximum Gasteiger partial charge on any atom is 0.303 e. The molecule has 0 fully saturated rings. The van der Waals surface area contributed by atoms with Crippen molar-refractivity contribution in [1.82, 2.24) is 0 Å². The van der Waals surface area contributed by atoms with Crippen LogP contribution in [0.5, 0.6) is 0 Å². The van der Waals surface area contributed by atoms with E-state index in [1.165, 1.54) is 0 Å². The number of aliphatic carboxylic acids is 2. The molecule has 0 aliphatic carbocycles. The molecule has 0 rings (SSSR count). The van der Waals surface area contributed by atoms with Crippen LogP contribution in [-0.4, -0.2) is 39.9 Å². The number of carboxylic acid groups (broad SMARTS) is 2. The first-order valence-corrected chi connectivity index (χ1v) is 6.23. The molecule has 14 heavy (non-hydrogen) atoms. The van der Waals surface area contributed by atoms with Crippen LogP contribution in [0.2, 0.25) is 0 Å². The smallest absolute Gasteiger partial charge is 0.303 e. The molecule has 1 atom stereocenters. The van der Waals surface area contributed by atoms with Crippen molar-refractivity contribution in [3.8, 4) is 0 Å². The molecule has 0 amide bonds. The second kappa shape index (κ2) is 5.12. The van der Waals surface area contributed by atoms with E-state index in [0.717, 1.165) is 6.66 Å². The Morgan fingerprint density at radius 2 is 1.57 bits per heavy atom. The van der Waals surface area contributed by atoms with Gasteiger partial charge in [-0.1, -0.05) is 0 Å². The summed E-state index contributed by atoms with van der Waals surface area (Å²) in [6.07, 6.45) is -1.07. The Hall–Kier alpha value is -0.870. The second-order valence-corrected chi connectivity index (χ2v) is 5.76. The van der Waals surface area contributed by atoms with Gasteiger partial charge in [-0.05, 0) is 5.92 Å². The SMILES string of the molecule is CP(=O)(O)CC(CC(=O)O)CC(=O)O. The lowest BCUT2D eigenvalue weighted by Crippen LogP contribution is -2.16. The molecule has 0 heterocycles. The molecule has 7 heteroatoms. The number of rotatable bonds is 6. The molecular weight excluding hydrogens is 211 g/mol. The van der Waals surface area contributed by atoms with Crippen LogP contribution < -0.4 is 0 Å². The predicted molar refractivity (Wildman–Crippen MR) is 48.6 cm³/mol. The van der Waals surface area contributed by atoms with E-state index in [-0.39, 0.29) is 6.16 Å². The Morgan fingerprint density at radius 1 is 1.21 bits per heavy atom. The van der Waals surface area contributed by atoms with Gasteiger partial charge in [0.05, 0.1) is 0 Å². The van der Waals surface area contributed by atoms with Gasteiger partial charge < -0.3 is 15.1 Å². The number of carbonyl (C=O) groups is 2. The third kappa shape index (κ3) is 7.76. The summed E-state index contributed by atoms with van der Waals surface area (Å²) in [7, 11) is -3.36. The lowest BCUT2D eigenvalue weighted by atomic mass is 10.0. The van der Waals surface area contributed by atoms with Crippen molar-refractivity contribution in [1.29, 1.82) is 0 Å². The quantitative estimate of drug-likeness (QED) is 0.565. The highest BCUT2D eigenvalue weighted by molar-refractivity contribution is 7.57. The van der Waals surface area contributed by atoms with Crippen molar-refractivity contribution in [2.45, 2.75) is 12.8 Å². The molecule has 0 bridgehead atoms. The summed E-state index contributed by atoms with van der Waals surface area (Å²) in [5.41, 5.74) is 0. The zero-order valence-electron chi connectivity index (χ0n) is 7.71. The Kier molecular flexibility index (Phi) is 4.80. The highest BCUT2D eigenvalue weighted by Gasteiger charge is 2.23. The summed E-state index contributed by atoms with van der Waals surface area (Å²) in [4.78, 5) is 29.6. The van der Waals surface area contributed by atoms with Crippen molar-refractivity contribution in [2.75, 3.05) is 12.8 Å². The molecule has 3 N–H and O–H groups in total. The average Bonchev–Trinajstić information content (AvgIpc) is 1.77. The molecular formula is C7H13O6P. The van der Waals surface area contributed by atoms with Gasteiger partial charge in [0.25, 0.3) is 0 Å². The van der Waals surface area contributed by atoms with Crippen molar-refractivity contribution in [2.24, 2.45) is 5.92 Å². The van der Waals surface area contributed by atoms with E-state index in [0.29, 0.717) is 0 Å². The van der Waals surface area contributed by atoms with E-state index in [1.807, 2.05) is 0 Å². The van der Waals surface area contributed by atoms with Crippen LogP contribution in [0.1, 0.15) is 12.8 Å². The standard InChI is InChI=1S/C7H13O6P/c1-14(12,13)4-5(2-6(8)9)3-7(10)11/h5H,2-4H2,1H3,(H,8,9)(H,10,11)(H,12,13). The summed E-state index contributed by atoms with van der Waals surface area (Å²) in [6.45, 7) is 1.09. The number of hydrogen-bond acceptors (Lipinski definition) is 3. The van der Waals surface area contributed by atoms with E-state index in [1.54, 1.807) is 0 Å². The molecule has 0 radical (unpaired) electrons. The van der Waals surface area contributed by atoms with Crippen molar-refractivity contribution in [3.05, 3.63) is 0 Å². The Labute approximate surface area is 81.0 Å². The normalized spacial score (nSPS) is 15.1. The molecule has 0 aromatic carbocycles. The van der Waals surface area contributed by atoms with Gasteiger partial charge in [0.1, 0.15) is 0 Å². The van der Waals surface area contributed by atoms with E-state index < -0.39 is 38.1 Å². The molecule has 6 nitrogen and oxygen atoms in total. The first kappa shape index (κ1) is 13.1. The van der Waals surface area contributed by atoms with E-state index >= 15 is 0 Å². The van der Waals surface area contributed by atoms with Crippen LogP contribution >= 0.6 is 7.37 Å². The summed E-state index contributed by atoms with van der Waals surface area (Å²) in [5.74, 6) is -3.11. The molecule has 82 valence electrons. The van der Waals surface area contributed by atoms with Gasteiger partial charge in [0.15, 0.2) is 7.37 Å². The minimum atomic E-state index is -3.36. The Balaban J connectivity index is 4.32. The first-order chi connectivity index (χ1) is 6.20. The maximum absolute atomic E-state index is 11.0. The Bertz CT molecular complexity index is 251. The fraction of sp³-hybridized carbons (Fsp3) is 0.714. The summed E-state index contributed by atoms with van der Waals surface area (Å²) < 4.78 is 11.0. The van der Waals surface area contributed by atoms with Gasteiger partial charge in [0, 0.05) is 25.7 Å². The fourth-order valence-corrected chi connectivity index (χ4v) is 2.39. The molecule has 1 unspecified atom stereocenters. The predicted octanol–water partition coefficient (Wildman–Crippen LogP) is 0.452. The van der Waals surface area contributed by atoms with Gasteiger partial charge in [-0.3, -0.25) is 14.2 Å². The topological polar surface area (TPSA) is 112 Å². The third-order valence-corrected chi connectivity index (χ3v) is 2.72. The molecule has 0 aliphatic rings. The molecule has 0 aromatic heterocycles. The molecule has 0 aliphatic heterocycles. The lowest BCUT2D eigenvalue weighted by molar-refractivity contribution is -0.140. The van der Waals surface area contributed by atoms with Crippen molar-refractivity contribution < 1.29 is 29.3 Å². The summed E-state index contributed by atoms with van der Waals surface area (Å²) in [5, 5.41) is 16.9. The van der Waals surface area contributed by atoms with E-state index in [9.17, 15) is 14.2 Å². The second-order valence-electron chi connectivity index (χ2n) is 3.30. The van der Waals surface area contributed by atoms with E-state index in [4.69, 9.17) is 15.1 Å². The number of carboxylic acids is 2. The van der Waals surface area contributed by atoms with Crippen LogP contribution in [0.4, 0.5) is 0 Å². The first-order valence-electron chi connectivity index (χ1n) is 3.93. The minimum absolute atomic E-state index is 0.272. The van der Waals surface area contributed by atoms with Crippen molar-refractivity contribution >= 4 is 19.3 Å². The van der Waals surface area contributed by atoms with Crippen LogP contribution in [0.15, 0.2) is 0 Å². The van der Waals surface area contributed by atoms with Crippen molar-refractivity contribution in [3.63, 3.8) is 0 Å². The fourth-order valence-electron chi connectivity index (χ4n) is 1.17. The van der Waals surface area contributed by atoms with E-state index in [2.05, 4.69) is 0 Å². The summed E-state index contributed by atoms with van der Waals surface area (Å²) >= 11 is 0. The highest BCUT2D eigenvalue weighted by atomic mass is 31.2. The molecule has 0 aromatic rings. The lowest BCUT2D eigenvalue weighted by Gasteiger charge is -2.13. The van der Waals surface area contributed by atoms with Gasteiger partial charge in [-0.2, -0.15) is 0 Å². The van der Waals surface area contributed by atoms with Gasteiger partial charge in [0.2, 0.25) is 0 Å². The molecule has 0 saturated heterocycles. The van der Waals surface area contributed by atoms with Crippen LogP contribution in [0.25, 0.3) is 0 Å². The average molecular weight is 224 g/mol. The molecule has 0 spiro atoms. The van der Waals surface area contributed by atoms with Crippen LogP contribution in [0.3, 0.4) is 0 Å². The summed E-state index contributed by atoms with van der Waals surface area (Å²) in [6, 6.07) is 0. The van der Waals surface area contributed by atoms with Gasteiger partial charge >= 0.3 is 11.9 Å². The Morgan fingerprint density at radius 3 is 1.79 bits per heavy atom. The largest absolute Gasteiger partial charge is 0.481 e. The third-order valence-electron chi connectivity index (χ3n) is 1.52. The minimum Gasteiger partial charge on any atom is -0.481 e. The zero-order valence-corrected chi connectivity index (χ0v) is 8.61. The maximum atomic E-state index is 11.0. The monoisotopic (exact) mass is 224 g/mol. The van der Waals surface area contributed by atoms with Gasteiger partial charge in [-0.15, -0.1) is 0 Å².